The summed E-state index contributed by atoms with van der Waals surface area (Å²) < 4.78 is 0.366. The minimum absolute atomic E-state index is 0.0231. The van der Waals surface area contributed by atoms with Crippen molar-refractivity contribution < 1.29 is 15.0 Å². The Morgan fingerprint density at radius 2 is 1.89 bits per heavy atom. The summed E-state index contributed by atoms with van der Waals surface area (Å²) in [6, 6.07) is 3.70. The molecule has 1 amide bonds. The lowest BCUT2D eigenvalue weighted by Gasteiger charge is -2.07. The number of benzene rings is 1. The fourth-order valence-corrected chi connectivity index (χ4v) is 1.68. The highest BCUT2D eigenvalue weighted by Gasteiger charge is 2.14. The number of nitrogens with zero attached hydrogens (tertiary/aromatic N) is 2. The monoisotopic (exact) mass is 324 g/mol. The molecule has 0 radical (unpaired) electrons. The van der Waals surface area contributed by atoms with Crippen molar-refractivity contribution in [2.24, 2.45) is 0 Å². The van der Waals surface area contributed by atoms with Gasteiger partial charge >= 0.3 is 0 Å². The fourth-order valence-electron chi connectivity index (χ4n) is 1.40. The molecule has 8 heteroatoms. The molecule has 2 rings (SSSR count). The number of hydrogen-bond donors (Lipinski definition) is 4. The van der Waals surface area contributed by atoms with E-state index in [1.54, 1.807) is 0 Å². The second-order valence-electron chi connectivity index (χ2n) is 3.62. The van der Waals surface area contributed by atoms with E-state index in [1.807, 2.05) is 0 Å². The second kappa shape index (κ2) is 5.11. The first-order chi connectivity index (χ1) is 8.95. The van der Waals surface area contributed by atoms with Gasteiger partial charge in [0.25, 0.3) is 5.91 Å². The van der Waals surface area contributed by atoms with Gasteiger partial charge in [0, 0.05) is 23.9 Å². The summed E-state index contributed by atoms with van der Waals surface area (Å²) in [5, 5.41) is 21.1. The third-order valence-electron chi connectivity index (χ3n) is 2.15. The minimum atomic E-state index is -0.601. The van der Waals surface area contributed by atoms with Crippen molar-refractivity contribution in [1.29, 1.82) is 0 Å². The quantitative estimate of drug-likeness (QED) is 0.664. The number of halogens is 1. The molecule has 0 bridgehead atoms. The Balaban J connectivity index is 2.28. The highest BCUT2D eigenvalue weighted by Crippen LogP contribution is 2.24. The number of amides is 1. The molecule has 0 aliphatic heterocycles. The molecule has 0 unspecified atom stereocenters. The van der Waals surface area contributed by atoms with E-state index in [4.69, 9.17) is 5.73 Å². The number of hydrogen-bond acceptors (Lipinski definition) is 6. The summed E-state index contributed by atoms with van der Waals surface area (Å²) in [6.45, 7) is 0. The molecular weight excluding hydrogens is 316 g/mol. The molecule has 0 aliphatic carbocycles. The van der Waals surface area contributed by atoms with Crippen LogP contribution in [0.3, 0.4) is 0 Å². The third kappa shape index (κ3) is 3.10. The van der Waals surface area contributed by atoms with Crippen molar-refractivity contribution in [3.8, 4) is 11.5 Å². The van der Waals surface area contributed by atoms with Crippen LogP contribution in [0, 0.1) is 0 Å². The van der Waals surface area contributed by atoms with E-state index in [1.165, 1.54) is 18.3 Å². The lowest BCUT2D eigenvalue weighted by atomic mass is 10.2. The summed E-state index contributed by atoms with van der Waals surface area (Å²) >= 11 is 3.08. The predicted octanol–water partition coefficient (Wildman–Crippen LogP) is 1.48. The van der Waals surface area contributed by atoms with E-state index >= 15 is 0 Å². The maximum absolute atomic E-state index is 11.9. The molecule has 7 nitrogen and oxygen atoms in total. The van der Waals surface area contributed by atoms with Crippen LogP contribution in [0.5, 0.6) is 11.5 Å². The van der Waals surface area contributed by atoms with Gasteiger partial charge in [-0.25, -0.2) is 9.97 Å². The van der Waals surface area contributed by atoms with Crippen molar-refractivity contribution >= 4 is 33.3 Å². The Morgan fingerprint density at radius 1 is 1.26 bits per heavy atom. The second-order valence-corrected chi connectivity index (χ2v) is 4.43. The first-order valence-corrected chi connectivity index (χ1v) is 5.87. The molecule has 2 aromatic rings. The van der Waals surface area contributed by atoms with Crippen LogP contribution in [0.15, 0.2) is 29.0 Å². The van der Waals surface area contributed by atoms with Gasteiger partial charge in [0.1, 0.15) is 16.1 Å². The number of nitrogens with two attached hydrogens (primary N) is 1. The van der Waals surface area contributed by atoms with Crippen molar-refractivity contribution in [1.82, 2.24) is 9.97 Å². The first-order valence-electron chi connectivity index (χ1n) is 5.08. The van der Waals surface area contributed by atoms with Crippen LogP contribution in [0.4, 0.5) is 11.5 Å². The number of nitrogens with one attached hydrogen (secondary N) is 1. The molecule has 0 spiro atoms. The number of carbonyl (C=O) groups excluding carboxylic acids is 1. The largest absolute Gasteiger partial charge is 0.508 e. The van der Waals surface area contributed by atoms with Crippen LogP contribution in [0.1, 0.15) is 10.5 Å². The van der Waals surface area contributed by atoms with Crippen molar-refractivity contribution in [3.63, 3.8) is 0 Å². The minimum Gasteiger partial charge on any atom is -0.508 e. The number of anilines is 2. The summed E-state index contributed by atoms with van der Waals surface area (Å²) in [7, 11) is 0. The maximum Gasteiger partial charge on any atom is 0.278 e. The smallest absolute Gasteiger partial charge is 0.278 e. The average Bonchev–Trinajstić information content (AvgIpc) is 2.30. The standard InChI is InChI=1S/C11H9BrN4O3/c12-8-4-14-10(13)9(16-8)11(19)15-5-1-6(17)3-7(18)2-5/h1-4,17-18H,(H2,13,14)(H,15,19). The van der Waals surface area contributed by atoms with E-state index in [2.05, 4.69) is 31.2 Å². The van der Waals surface area contributed by atoms with Crippen molar-refractivity contribution in [2.45, 2.75) is 0 Å². The lowest BCUT2D eigenvalue weighted by Crippen LogP contribution is -2.16. The van der Waals surface area contributed by atoms with Crippen LogP contribution < -0.4 is 11.1 Å². The van der Waals surface area contributed by atoms with Gasteiger partial charge < -0.3 is 21.3 Å². The fraction of sp³-hybridized carbons (Fsp3) is 0. The Kier molecular flexibility index (Phi) is 3.52. The van der Waals surface area contributed by atoms with E-state index in [-0.39, 0.29) is 28.7 Å². The average molecular weight is 325 g/mol. The van der Waals surface area contributed by atoms with E-state index in [0.29, 0.717) is 4.60 Å². The Hall–Kier alpha value is -2.35. The highest BCUT2D eigenvalue weighted by atomic mass is 79.9. The maximum atomic E-state index is 11.9. The zero-order valence-electron chi connectivity index (χ0n) is 9.46. The van der Waals surface area contributed by atoms with Crippen molar-refractivity contribution in [2.75, 3.05) is 11.1 Å². The zero-order chi connectivity index (χ0) is 14.0. The molecule has 98 valence electrons. The number of rotatable bonds is 2. The molecule has 0 saturated carbocycles. The molecular formula is C11H9BrN4O3. The number of carbonyl (C=O) groups is 1. The van der Waals surface area contributed by atoms with Crippen molar-refractivity contribution in [3.05, 3.63) is 34.7 Å². The number of nitrogen functional groups attached to an aromatic ring is 1. The molecule has 0 aliphatic rings. The van der Waals surface area contributed by atoms with E-state index in [0.717, 1.165) is 6.07 Å². The Bertz CT molecular complexity index is 628. The number of aromatic hydroxyl groups is 2. The van der Waals surface area contributed by atoms with Gasteiger partial charge in [-0.3, -0.25) is 4.79 Å². The Morgan fingerprint density at radius 3 is 2.53 bits per heavy atom. The predicted molar refractivity (Wildman–Crippen MR) is 71.9 cm³/mol. The number of aromatic nitrogens is 2. The molecule has 0 fully saturated rings. The van der Waals surface area contributed by atoms with Crippen LogP contribution in [0.25, 0.3) is 0 Å². The molecule has 19 heavy (non-hydrogen) atoms. The van der Waals surface area contributed by atoms with Crippen LogP contribution >= 0.6 is 15.9 Å². The number of phenolic OH excluding ortho intramolecular Hbond substituents is 2. The first kappa shape index (κ1) is 13.1. The molecule has 0 atom stereocenters. The van der Waals surface area contributed by atoms with Gasteiger partial charge in [0.05, 0.1) is 6.20 Å². The Labute approximate surface area is 116 Å². The SMILES string of the molecule is Nc1ncc(Br)nc1C(=O)Nc1cc(O)cc(O)c1. The van der Waals surface area contributed by atoms with Crippen LogP contribution in [-0.2, 0) is 0 Å². The summed E-state index contributed by atoms with van der Waals surface area (Å²) in [5.74, 6) is -0.978. The van der Waals surface area contributed by atoms with E-state index in [9.17, 15) is 15.0 Å². The van der Waals surface area contributed by atoms with Gasteiger partial charge in [0.15, 0.2) is 11.5 Å². The van der Waals surface area contributed by atoms with Gasteiger partial charge in [-0.15, -0.1) is 0 Å². The van der Waals surface area contributed by atoms with Gasteiger partial charge in [0.2, 0.25) is 0 Å². The normalized spacial score (nSPS) is 10.2. The summed E-state index contributed by atoms with van der Waals surface area (Å²) in [5.41, 5.74) is 5.70. The molecule has 1 aromatic heterocycles. The van der Waals surface area contributed by atoms with Crippen LogP contribution in [0.2, 0.25) is 0 Å². The van der Waals surface area contributed by atoms with E-state index < -0.39 is 5.91 Å². The van der Waals surface area contributed by atoms with Gasteiger partial charge in [-0.2, -0.15) is 0 Å². The number of phenols is 2. The third-order valence-corrected chi connectivity index (χ3v) is 2.53. The molecule has 5 N–H and O–H groups in total. The van der Waals surface area contributed by atoms with Gasteiger partial charge in [-0.05, 0) is 15.9 Å². The highest BCUT2D eigenvalue weighted by molar-refractivity contribution is 9.10. The zero-order valence-corrected chi connectivity index (χ0v) is 11.0. The summed E-state index contributed by atoms with van der Waals surface area (Å²) in [6.07, 6.45) is 1.37. The molecule has 0 saturated heterocycles. The van der Waals surface area contributed by atoms with Gasteiger partial charge in [-0.1, -0.05) is 0 Å². The lowest BCUT2D eigenvalue weighted by molar-refractivity contribution is 0.102. The topological polar surface area (TPSA) is 121 Å². The summed E-state index contributed by atoms with van der Waals surface area (Å²) in [4.78, 5) is 19.6. The molecule has 1 aromatic carbocycles. The molecule has 1 heterocycles. The van der Waals surface area contributed by atoms with Crippen LogP contribution in [-0.4, -0.2) is 26.1 Å².